The first-order valence-electron chi connectivity index (χ1n) is 9.72. The average molecular weight is 832 g/mol. The maximum atomic E-state index is 2.55. The molecule has 30 heavy (non-hydrogen) atoms. The molecule has 4 heteroatoms. The number of hydrogen-bond acceptors (Lipinski definition) is 0. The van der Waals surface area contributed by atoms with Crippen LogP contribution in [0.25, 0.3) is 64.6 Å². The molecule has 0 saturated carbocycles. The van der Waals surface area contributed by atoms with Crippen molar-refractivity contribution in [3.8, 4) is 0 Å². The zero-order valence-electron chi connectivity index (χ0n) is 16.0. The van der Waals surface area contributed by atoms with E-state index in [0.29, 0.717) is 0 Å². The van der Waals surface area contributed by atoms with Gasteiger partial charge in [-0.15, -0.1) is 0 Å². The molecule has 0 spiro atoms. The van der Waals surface area contributed by atoms with E-state index in [0.717, 1.165) is 0 Å². The summed E-state index contributed by atoms with van der Waals surface area (Å²) < 4.78 is 5.41. The van der Waals surface area contributed by atoms with Gasteiger partial charge in [0.25, 0.3) is 0 Å². The summed E-state index contributed by atoms with van der Waals surface area (Å²) in [6.07, 6.45) is 0. The molecule has 0 aliphatic rings. The zero-order chi connectivity index (χ0) is 20.6. The third-order valence-electron chi connectivity index (χ3n) is 6.77. The van der Waals surface area contributed by atoms with Gasteiger partial charge in [-0.2, -0.15) is 0 Å². The SMILES string of the molecule is Cc1cc2cc(I)c3c(I)cc4c(C)cc5cc(I)c6c(I)cc1c1c2c3c4c5c61. The molecule has 7 aromatic carbocycles. The van der Waals surface area contributed by atoms with E-state index in [2.05, 4.69) is 141 Å². The van der Waals surface area contributed by atoms with Crippen molar-refractivity contribution in [1.82, 2.24) is 0 Å². The summed E-state index contributed by atoms with van der Waals surface area (Å²) in [5.74, 6) is 0. The molecule has 0 aromatic heterocycles. The standard InChI is InChI=1S/C26H12I4/c1-9-3-11-5-15(27)24-18(30)8-14-10(2)4-12-6-16(28)23-17(29)7-13(9)21-19(11)26(24)22(14)20(12)25(21)23/h3-8H,1-2H3. The van der Waals surface area contributed by atoms with Crippen LogP contribution in [0.5, 0.6) is 0 Å². The summed E-state index contributed by atoms with van der Waals surface area (Å²) in [4.78, 5) is 0. The second-order valence-corrected chi connectivity index (χ2v) is 13.0. The summed E-state index contributed by atoms with van der Waals surface area (Å²) >= 11 is 10.2. The molecule has 7 aromatic rings. The Morgan fingerprint density at radius 2 is 0.767 bits per heavy atom. The summed E-state index contributed by atoms with van der Waals surface area (Å²) in [5.41, 5.74) is 2.74. The second-order valence-electron chi connectivity index (χ2n) is 8.36. The van der Waals surface area contributed by atoms with Crippen molar-refractivity contribution in [2.24, 2.45) is 0 Å². The van der Waals surface area contributed by atoms with E-state index >= 15 is 0 Å². The first kappa shape index (κ1) is 19.3. The van der Waals surface area contributed by atoms with Crippen LogP contribution in [-0.4, -0.2) is 0 Å². The maximum absolute atomic E-state index is 2.55. The van der Waals surface area contributed by atoms with Crippen LogP contribution in [0.15, 0.2) is 36.4 Å². The van der Waals surface area contributed by atoms with Crippen molar-refractivity contribution >= 4 is 155 Å². The van der Waals surface area contributed by atoms with Gasteiger partial charge in [-0.1, -0.05) is 12.1 Å². The van der Waals surface area contributed by atoms with Crippen LogP contribution in [0.1, 0.15) is 11.1 Å². The van der Waals surface area contributed by atoms with Crippen LogP contribution < -0.4 is 0 Å². The van der Waals surface area contributed by atoms with Crippen molar-refractivity contribution in [2.75, 3.05) is 0 Å². The minimum Gasteiger partial charge on any atom is -0.0507 e. The molecule has 0 saturated heterocycles. The van der Waals surface area contributed by atoms with Gasteiger partial charge < -0.3 is 0 Å². The van der Waals surface area contributed by atoms with Gasteiger partial charge in [-0.3, -0.25) is 0 Å². The Morgan fingerprint density at radius 3 is 1.17 bits per heavy atom. The monoisotopic (exact) mass is 832 g/mol. The molecule has 7 rings (SSSR count). The van der Waals surface area contributed by atoms with Crippen molar-refractivity contribution in [1.29, 1.82) is 0 Å². The van der Waals surface area contributed by atoms with Gasteiger partial charge in [0, 0.05) is 35.8 Å². The lowest BCUT2D eigenvalue weighted by molar-refractivity contribution is 1.54. The molecule has 0 heterocycles. The fourth-order valence-electron chi connectivity index (χ4n) is 5.65. The van der Waals surface area contributed by atoms with E-state index in [1.807, 2.05) is 0 Å². The van der Waals surface area contributed by atoms with Crippen LogP contribution in [0.4, 0.5) is 0 Å². The van der Waals surface area contributed by atoms with Crippen LogP contribution in [0, 0.1) is 28.1 Å². The van der Waals surface area contributed by atoms with Gasteiger partial charge >= 0.3 is 0 Å². The molecule has 144 valence electrons. The molecular formula is C26H12I4. The number of aryl methyl sites for hydroxylation is 2. The largest absolute Gasteiger partial charge is 0.0507 e. The Bertz CT molecular complexity index is 1710. The number of benzene rings is 7. The fraction of sp³-hybridized carbons (Fsp3) is 0.0769. The molecule has 0 fully saturated rings. The van der Waals surface area contributed by atoms with Gasteiger partial charge in [0.1, 0.15) is 0 Å². The predicted molar refractivity (Wildman–Crippen MR) is 165 cm³/mol. The van der Waals surface area contributed by atoms with E-state index in [4.69, 9.17) is 0 Å². The van der Waals surface area contributed by atoms with Gasteiger partial charge in [-0.25, -0.2) is 0 Å². The van der Waals surface area contributed by atoms with Gasteiger partial charge in [0.05, 0.1) is 0 Å². The molecule has 0 atom stereocenters. The van der Waals surface area contributed by atoms with Crippen molar-refractivity contribution in [3.63, 3.8) is 0 Å². The minimum absolute atomic E-state index is 1.35. The maximum Gasteiger partial charge on any atom is 0.0226 e. The van der Waals surface area contributed by atoms with E-state index < -0.39 is 0 Å². The smallest absolute Gasteiger partial charge is 0.0226 e. The first-order valence-corrected chi connectivity index (χ1v) is 14.0. The number of halogens is 4. The lowest BCUT2D eigenvalue weighted by Gasteiger charge is -2.24. The zero-order valence-corrected chi connectivity index (χ0v) is 24.6. The van der Waals surface area contributed by atoms with Gasteiger partial charge in [-0.05, 0) is 183 Å². The quantitative estimate of drug-likeness (QED) is 0.0812. The van der Waals surface area contributed by atoms with E-state index in [9.17, 15) is 0 Å². The number of hydrogen-bond donors (Lipinski definition) is 0. The molecule has 0 unspecified atom stereocenters. The molecular weight excluding hydrogens is 820 g/mol. The highest BCUT2D eigenvalue weighted by atomic mass is 127. The Balaban J connectivity index is 2.08. The van der Waals surface area contributed by atoms with Crippen LogP contribution in [0.2, 0.25) is 0 Å². The third-order valence-corrected chi connectivity index (χ3v) is 10.2. The first-order chi connectivity index (χ1) is 14.4. The normalized spacial score (nSPS) is 13.0. The predicted octanol–water partition coefficient (Wildman–Crippen LogP) is 9.95. The van der Waals surface area contributed by atoms with Crippen LogP contribution >= 0.6 is 90.4 Å². The van der Waals surface area contributed by atoms with Crippen LogP contribution in [-0.2, 0) is 0 Å². The van der Waals surface area contributed by atoms with Crippen LogP contribution in [0.3, 0.4) is 0 Å². The minimum atomic E-state index is 1.35. The summed E-state index contributed by atoms with van der Waals surface area (Å²) in [5, 5.41) is 17.2. The van der Waals surface area contributed by atoms with Gasteiger partial charge in [0.2, 0.25) is 0 Å². The Morgan fingerprint density at radius 1 is 0.400 bits per heavy atom. The molecule has 0 radical (unpaired) electrons. The highest BCUT2D eigenvalue weighted by Crippen LogP contribution is 2.52. The molecule has 0 nitrogen and oxygen atoms in total. The Labute approximate surface area is 227 Å². The molecule has 0 aliphatic carbocycles. The molecule has 0 N–H and O–H groups in total. The number of rotatable bonds is 0. The lowest BCUT2D eigenvalue weighted by Crippen LogP contribution is -1.99. The van der Waals surface area contributed by atoms with Crippen molar-refractivity contribution < 1.29 is 0 Å². The van der Waals surface area contributed by atoms with E-state index in [1.165, 1.54) is 90.0 Å². The summed E-state index contributed by atoms with van der Waals surface area (Å²) in [6.45, 7) is 4.54. The lowest BCUT2D eigenvalue weighted by atomic mass is 9.81. The summed E-state index contributed by atoms with van der Waals surface area (Å²) in [7, 11) is 0. The van der Waals surface area contributed by atoms with E-state index in [1.54, 1.807) is 0 Å². The highest BCUT2D eigenvalue weighted by molar-refractivity contribution is 14.1. The topological polar surface area (TPSA) is 0 Å². The molecule has 0 bridgehead atoms. The fourth-order valence-corrected chi connectivity index (χ4v) is 10.2. The highest BCUT2D eigenvalue weighted by Gasteiger charge is 2.25. The Kier molecular flexibility index (Phi) is 4.00. The third kappa shape index (κ3) is 2.18. The second kappa shape index (κ2) is 6.22. The van der Waals surface area contributed by atoms with Gasteiger partial charge in [0.15, 0.2) is 0 Å². The van der Waals surface area contributed by atoms with Crippen molar-refractivity contribution in [3.05, 3.63) is 61.8 Å². The summed E-state index contributed by atoms with van der Waals surface area (Å²) in [6, 6.07) is 14.4. The average Bonchev–Trinajstić information content (AvgIpc) is 2.68. The van der Waals surface area contributed by atoms with E-state index in [-0.39, 0.29) is 0 Å². The molecule has 0 amide bonds. The van der Waals surface area contributed by atoms with Crippen molar-refractivity contribution in [2.45, 2.75) is 13.8 Å². The Hall–Kier alpha value is -0.200. The molecule has 0 aliphatic heterocycles.